The Kier molecular flexibility index (Phi) is 4.32. The first-order chi connectivity index (χ1) is 9.65. The molecule has 0 aliphatic carbocycles. The van der Waals surface area contributed by atoms with Gasteiger partial charge in [0, 0.05) is 23.5 Å². The summed E-state index contributed by atoms with van der Waals surface area (Å²) >= 11 is 0. The van der Waals surface area contributed by atoms with Crippen molar-refractivity contribution in [2.75, 3.05) is 16.9 Å². The lowest BCUT2D eigenvalue weighted by atomic mass is 10.1. The average Bonchev–Trinajstić information content (AvgIpc) is 2.50. The molecule has 20 heavy (non-hydrogen) atoms. The molecule has 3 N–H and O–H groups in total. The molecule has 2 aromatic carbocycles. The summed E-state index contributed by atoms with van der Waals surface area (Å²) in [6.07, 6.45) is 0. The van der Waals surface area contributed by atoms with E-state index in [-0.39, 0.29) is 11.7 Å². The topological polar surface area (TPSA) is 58.4 Å². The predicted octanol–water partition coefficient (Wildman–Crippen LogP) is 2.78. The van der Waals surface area contributed by atoms with Gasteiger partial charge in [0.05, 0.1) is 0 Å². The molecule has 104 valence electrons. The summed E-state index contributed by atoms with van der Waals surface area (Å²) in [7, 11) is 0. The molecule has 2 aromatic rings. The highest BCUT2D eigenvalue weighted by Crippen LogP contribution is 2.18. The zero-order chi connectivity index (χ0) is 14.5. The molecule has 0 aliphatic heterocycles. The van der Waals surface area contributed by atoms with E-state index in [1.165, 1.54) is 12.1 Å². The molecule has 4 nitrogen and oxygen atoms in total. The number of rotatable bonds is 4. The van der Waals surface area contributed by atoms with E-state index in [0.717, 1.165) is 5.69 Å². The van der Waals surface area contributed by atoms with Crippen molar-refractivity contribution in [1.29, 1.82) is 0 Å². The number of nitrogen functional groups attached to an aromatic ring is 1. The second-order valence-corrected chi connectivity index (χ2v) is 4.25. The molecule has 0 aromatic heterocycles. The second-order valence-electron chi connectivity index (χ2n) is 4.25. The first-order valence-corrected chi connectivity index (χ1v) is 6.30. The highest BCUT2D eigenvalue weighted by Gasteiger charge is 2.15. The number of carbonyl (C=O) groups is 1. The largest absolute Gasteiger partial charge is 0.324 e. The summed E-state index contributed by atoms with van der Waals surface area (Å²) in [5, 5.41) is 0. The van der Waals surface area contributed by atoms with Crippen LogP contribution in [0.4, 0.5) is 15.8 Å². The standard InChI is InChI=1S/C15H16FN3O/c1-2-19(14-9-5-12(16)6-10-14)15(20)11-3-7-13(18-17)8-4-11/h3-10,18H,2,17H2,1H3. The number of halogens is 1. The molecule has 0 saturated carbocycles. The SMILES string of the molecule is CCN(C(=O)c1ccc(NN)cc1)c1ccc(F)cc1. The van der Waals surface area contributed by atoms with E-state index in [9.17, 15) is 9.18 Å². The second kappa shape index (κ2) is 6.16. The van der Waals surface area contributed by atoms with Crippen LogP contribution in [0.1, 0.15) is 17.3 Å². The molecule has 0 heterocycles. The molecule has 0 atom stereocenters. The smallest absolute Gasteiger partial charge is 0.258 e. The van der Waals surface area contributed by atoms with Crippen molar-refractivity contribution in [1.82, 2.24) is 0 Å². The minimum absolute atomic E-state index is 0.136. The molecule has 5 heteroatoms. The summed E-state index contributed by atoms with van der Waals surface area (Å²) in [6, 6.07) is 12.7. The van der Waals surface area contributed by atoms with E-state index in [1.54, 1.807) is 41.3 Å². The maximum Gasteiger partial charge on any atom is 0.258 e. The molecule has 0 bridgehead atoms. The van der Waals surface area contributed by atoms with Gasteiger partial charge >= 0.3 is 0 Å². The Morgan fingerprint density at radius 1 is 1.15 bits per heavy atom. The Bertz CT molecular complexity index is 581. The molecular weight excluding hydrogens is 257 g/mol. The van der Waals surface area contributed by atoms with E-state index in [0.29, 0.717) is 17.8 Å². The number of nitrogens with two attached hydrogens (primary N) is 1. The van der Waals surface area contributed by atoms with Crippen LogP contribution in [0, 0.1) is 5.82 Å². The number of nitrogens with zero attached hydrogens (tertiary/aromatic N) is 1. The fourth-order valence-electron chi connectivity index (χ4n) is 1.93. The van der Waals surface area contributed by atoms with Gasteiger partial charge in [0.25, 0.3) is 5.91 Å². The van der Waals surface area contributed by atoms with Crippen molar-refractivity contribution in [3.8, 4) is 0 Å². The molecule has 0 saturated heterocycles. The monoisotopic (exact) mass is 273 g/mol. The highest BCUT2D eigenvalue weighted by molar-refractivity contribution is 6.06. The van der Waals surface area contributed by atoms with Crippen molar-refractivity contribution < 1.29 is 9.18 Å². The van der Waals surface area contributed by atoms with E-state index < -0.39 is 0 Å². The molecule has 0 unspecified atom stereocenters. The third-order valence-electron chi connectivity index (χ3n) is 3.00. The van der Waals surface area contributed by atoms with Crippen molar-refractivity contribution in [3.63, 3.8) is 0 Å². The molecule has 1 amide bonds. The van der Waals surface area contributed by atoms with Gasteiger partial charge in [-0.05, 0) is 55.5 Å². The maximum atomic E-state index is 12.9. The van der Waals surface area contributed by atoms with Crippen molar-refractivity contribution in [3.05, 3.63) is 59.9 Å². The van der Waals surface area contributed by atoms with Crippen LogP contribution in [0.15, 0.2) is 48.5 Å². The van der Waals surface area contributed by atoms with Gasteiger partial charge in [-0.15, -0.1) is 0 Å². The Labute approximate surface area is 117 Å². The average molecular weight is 273 g/mol. The number of hydrogen-bond donors (Lipinski definition) is 2. The zero-order valence-corrected chi connectivity index (χ0v) is 11.1. The fraction of sp³-hybridized carbons (Fsp3) is 0.133. The third kappa shape index (κ3) is 2.95. The molecule has 0 aliphatic rings. The summed E-state index contributed by atoms with van der Waals surface area (Å²) < 4.78 is 12.9. The van der Waals surface area contributed by atoms with Crippen LogP contribution >= 0.6 is 0 Å². The van der Waals surface area contributed by atoms with Gasteiger partial charge in [-0.3, -0.25) is 10.6 Å². The fourth-order valence-corrected chi connectivity index (χ4v) is 1.93. The van der Waals surface area contributed by atoms with Crippen LogP contribution in [-0.4, -0.2) is 12.5 Å². The molecular formula is C15H16FN3O. The summed E-state index contributed by atoms with van der Waals surface area (Å²) in [5.41, 5.74) is 4.45. The van der Waals surface area contributed by atoms with Crippen LogP contribution < -0.4 is 16.2 Å². The van der Waals surface area contributed by atoms with Gasteiger partial charge in [-0.25, -0.2) is 4.39 Å². The normalized spacial score (nSPS) is 10.2. The summed E-state index contributed by atoms with van der Waals surface area (Å²) in [5.74, 6) is 4.83. The minimum atomic E-state index is -0.323. The Hall–Kier alpha value is -2.40. The predicted molar refractivity (Wildman–Crippen MR) is 78.0 cm³/mol. The minimum Gasteiger partial charge on any atom is -0.324 e. The molecule has 0 fully saturated rings. The first kappa shape index (κ1) is 14.0. The maximum absolute atomic E-state index is 12.9. The Morgan fingerprint density at radius 2 is 1.75 bits per heavy atom. The summed E-state index contributed by atoms with van der Waals surface area (Å²) in [6.45, 7) is 2.37. The Morgan fingerprint density at radius 3 is 2.25 bits per heavy atom. The molecule has 2 rings (SSSR count). The van der Waals surface area contributed by atoms with Crippen LogP contribution in [0.5, 0.6) is 0 Å². The lowest BCUT2D eigenvalue weighted by molar-refractivity contribution is 0.0988. The van der Waals surface area contributed by atoms with Crippen molar-refractivity contribution >= 4 is 17.3 Å². The number of amides is 1. The van der Waals surface area contributed by atoms with Gasteiger partial charge in [-0.2, -0.15) is 0 Å². The van der Waals surface area contributed by atoms with Gasteiger partial charge < -0.3 is 10.3 Å². The first-order valence-electron chi connectivity index (χ1n) is 6.30. The van der Waals surface area contributed by atoms with E-state index in [1.807, 2.05) is 6.92 Å². The van der Waals surface area contributed by atoms with Crippen LogP contribution in [-0.2, 0) is 0 Å². The lowest BCUT2D eigenvalue weighted by Gasteiger charge is -2.21. The molecule has 0 spiro atoms. The number of hydrazine groups is 1. The number of carbonyl (C=O) groups excluding carboxylic acids is 1. The van der Waals surface area contributed by atoms with Crippen LogP contribution in [0.25, 0.3) is 0 Å². The number of nitrogens with one attached hydrogen (secondary N) is 1. The van der Waals surface area contributed by atoms with Gasteiger partial charge in [0.15, 0.2) is 0 Å². The number of anilines is 2. The van der Waals surface area contributed by atoms with Gasteiger partial charge in [0.1, 0.15) is 5.82 Å². The number of hydrogen-bond acceptors (Lipinski definition) is 3. The third-order valence-corrected chi connectivity index (χ3v) is 3.00. The Balaban J connectivity index is 2.26. The van der Waals surface area contributed by atoms with E-state index >= 15 is 0 Å². The lowest BCUT2D eigenvalue weighted by Crippen LogP contribution is -2.30. The van der Waals surface area contributed by atoms with E-state index in [2.05, 4.69) is 5.43 Å². The summed E-state index contributed by atoms with van der Waals surface area (Å²) in [4.78, 5) is 14.0. The number of benzene rings is 2. The zero-order valence-electron chi connectivity index (χ0n) is 11.1. The quantitative estimate of drug-likeness (QED) is 0.665. The van der Waals surface area contributed by atoms with Gasteiger partial charge in [0.2, 0.25) is 0 Å². The van der Waals surface area contributed by atoms with E-state index in [4.69, 9.17) is 5.84 Å². The van der Waals surface area contributed by atoms with Crippen molar-refractivity contribution in [2.45, 2.75) is 6.92 Å². The van der Waals surface area contributed by atoms with Crippen LogP contribution in [0.3, 0.4) is 0 Å². The van der Waals surface area contributed by atoms with Crippen LogP contribution in [0.2, 0.25) is 0 Å². The highest BCUT2D eigenvalue weighted by atomic mass is 19.1. The van der Waals surface area contributed by atoms with Gasteiger partial charge in [-0.1, -0.05) is 0 Å². The molecule has 0 radical (unpaired) electrons. The van der Waals surface area contributed by atoms with Crippen molar-refractivity contribution in [2.24, 2.45) is 5.84 Å².